The van der Waals surface area contributed by atoms with Gasteiger partial charge < -0.3 is 10.6 Å². The summed E-state index contributed by atoms with van der Waals surface area (Å²) in [6, 6.07) is 7.96. The third kappa shape index (κ3) is 4.13. The maximum absolute atomic E-state index is 11.9. The number of likely N-dealkylation sites (N-methyl/N-ethyl adjacent to an activating group) is 1. The summed E-state index contributed by atoms with van der Waals surface area (Å²) >= 11 is 1.41. The van der Waals surface area contributed by atoms with E-state index in [0.29, 0.717) is 12.2 Å². The van der Waals surface area contributed by atoms with Crippen LogP contribution in [-0.4, -0.2) is 29.9 Å². The summed E-state index contributed by atoms with van der Waals surface area (Å²) in [6.07, 6.45) is 0. The molecule has 2 amide bonds. The van der Waals surface area contributed by atoms with Gasteiger partial charge in [0.1, 0.15) is 10.7 Å². The number of carbonyl (C=O) groups is 2. The minimum Gasteiger partial charge on any atom is -0.355 e. The van der Waals surface area contributed by atoms with Crippen LogP contribution in [0.4, 0.5) is 0 Å². The molecule has 5 nitrogen and oxygen atoms in total. The van der Waals surface area contributed by atoms with E-state index in [-0.39, 0.29) is 18.4 Å². The van der Waals surface area contributed by atoms with E-state index in [2.05, 4.69) is 15.6 Å². The lowest BCUT2D eigenvalue weighted by Crippen LogP contribution is -2.36. The summed E-state index contributed by atoms with van der Waals surface area (Å²) in [5.74, 6) is -0.546. The topological polar surface area (TPSA) is 71.1 Å². The van der Waals surface area contributed by atoms with Crippen LogP contribution in [0.15, 0.2) is 29.6 Å². The van der Waals surface area contributed by atoms with Gasteiger partial charge in [-0.2, -0.15) is 0 Å². The molecule has 0 aliphatic rings. The third-order valence-electron chi connectivity index (χ3n) is 2.82. The lowest BCUT2D eigenvalue weighted by atomic mass is 10.2. The quantitative estimate of drug-likeness (QED) is 0.887. The minimum atomic E-state index is -0.337. The van der Waals surface area contributed by atoms with Crippen molar-refractivity contribution in [2.75, 3.05) is 13.1 Å². The molecule has 0 unspecified atom stereocenters. The SMILES string of the molecule is CCNC(=O)CNC(=O)c1csc(-c2ccc(C)cc2)n1. The standard InChI is InChI=1S/C15H17N3O2S/c1-3-16-13(19)8-17-14(20)12-9-21-15(18-12)11-6-4-10(2)5-7-11/h4-7,9H,3,8H2,1-2H3,(H,16,19)(H,17,20). The predicted molar refractivity (Wildman–Crippen MR) is 83.3 cm³/mol. The number of nitrogens with zero attached hydrogens (tertiary/aromatic N) is 1. The molecule has 1 aromatic carbocycles. The van der Waals surface area contributed by atoms with E-state index >= 15 is 0 Å². The molecule has 1 heterocycles. The van der Waals surface area contributed by atoms with E-state index in [9.17, 15) is 9.59 Å². The first-order valence-electron chi connectivity index (χ1n) is 6.67. The highest BCUT2D eigenvalue weighted by Crippen LogP contribution is 2.23. The molecule has 0 spiro atoms. The van der Waals surface area contributed by atoms with E-state index < -0.39 is 0 Å². The van der Waals surface area contributed by atoms with Gasteiger partial charge in [0, 0.05) is 17.5 Å². The Morgan fingerprint density at radius 1 is 1.19 bits per heavy atom. The molecule has 0 aliphatic heterocycles. The molecule has 6 heteroatoms. The van der Waals surface area contributed by atoms with Crippen LogP contribution in [0, 0.1) is 6.92 Å². The average molecular weight is 303 g/mol. The van der Waals surface area contributed by atoms with Gasteiger partial charge >= 0.3 is 0 Å². The number of thiazole rings is 1. The lowest BCUT2D eigenvalue weighted by molar-refractivity contribution is -0.120. The van der Waals surface area contributed by atoms with E-state index in [4.69, 9.17) is 0 Å². The molecule has 0 saturated heterocycles. The molecule has 0 radical (unpaired) electrons. The Morgan fingerprint density at radius 2 is 1.90 bits per heavy atom. The molecular weight excluding hydrogens is 286 g/mol. The highest BCUT2D eigenvalue weighted by atomic mass is 32.1. The number of hydrogen-bond acceptors (Lipinski definition) is 4. The van der Waals surface area contributed by atoms with Gasteiger partial charge in [-0.25, -0.2) is 4.98 Å². The van der Waals surface area contributed by atoms with E-state index in [1.54, 1.807) is 5.38 Å². The number of aromatic nitrogens is 1. The maximum Gasteiger partial charge on any atom is 0.271 e. The zero-order valence-corrected chi connectivity index (χ0v) is 12.8. The van der Waals surface area contributed by atoms with E-state index in [1.807, 2.05) is 38.1 Å². The van der Waals surface area contributed by atoms with E-state index in [1.165, 1.54) is 16.9 Å². The largest absolute Gasteiger partial charge is 0.355 e. The lowest BCUT2D eigenvalue weighted by Gasteiger charge is -2.03. The summed E-state index contributed by atoms with van der Waals surface area (Å²) in [5.41, 5.74) is 2.49. The van der Waals surface area contributed by atoms with E-state index in [0.717, 1.165) is 10.6 Å². The van der Waals surface area contributed by atoms with Crippen molar-refractivity contribution >= 4 is 23.2 Å². The second-order valence-corrected chi connectivity index (χ2v) is 5.40. The molecule has 2 N–H and O–H groups in total. The zero-order chi connectivity index (χ0) is 15.2. The monoisotopic (exact) mass is 303 g/mol. The van der Waals surface area contributed by atoms with Gasteiger partial charge in [-0.1, -0.05) is 29.8 Å². The Balaban J connectivity index is 2.00. The fourth-order valence-corrected chi connectivity index (χ4v) is 2.52. The van der Waals surface area contributed by atoms with Crippen LogP contribution in [0.25, 0.3) is 10.6 Å². The van der Waals surface area contributed by atoms with Crippen LogP contribution < -0.4 is 10.6 Å². The summed E-state index contributed by atoms with van der Waals surface area (Å²) in [7, 11) is 0. The fourth-order valence-electron chi connectivity index (χ4n) is 1.72. The number of carbonyl (C=O) groups excluding carboxylic acids is 2. The predicted octanol–water partition coefficient (Wildman–Crippen LogP) is 1.98. The van der Waals surface area contributed by atoms with Crippen molar-refractivity contribution in [3.8, 4) is 10.6 Å². The zero-order valence-electron chi connectivity index (χ0n) is 12.0. The average Bonchev–Trinajstić information content (AvgIpc) is 2.96. The molecule has 0 fully saturated rings. The maximum atomic E-state index is 11.9. The number of amides is 2. The molecule has 21 heavy (non-hydrogen) atoms. The normalized spacial score (nSPS) is 10.2. The van der Waals surface area contributed by atoms with Crippen LogP contribution in [0.3, 0.4) is 0 Å². The highest BCUT2D eigenvalue weighted by molar-refractivity contribution is 7.13. The molecule has 110 valence electrons. The van der Waals surface area contributed by atoms with Gasteiger partial charge in [-0.15, -0.1) is 11.3 Å². The van der Waals surface area contributed by atoms with Crippen molar-refractivity contribution in [1.82, 2.24) is 15.6 Å². The van der Waals surface area contributed by atoms with Crippen molar-refractivity contribution in [3.05, 3.63) is 40.9 Å². The molecule has 0 bridgehead atoms. The Morgan fingerprint density at radius 3 is 2.57 bits per heavy atom. The van der Waals surface area contributed by atoms with Crippen molar-refractivity contribution in [2.24, 2.45) is 0 Å². The van der Waals surface area contributed by atoms with Gasteiger partial charge in [0.25, 0.3) is 5.91 Å². The Kier molecular flexibility index (Phi) is 5.05. The minimum absolute atomic E-state index is 0.0376. The Hall–Kier alpha value is -2.21. The molecule has 1 aromatic heterocycles. The number of aryl methyl sites for hydroxylation is 1. The van der Waals surface area contributed by atoms with Gasteiger partial charge in [0.2, 0.25) is 5.91 Å². The van der Waals surface area contributed by atoms with Crippen molar-refractivity contribution in [3.63, 3.8) is 0 Å². The molecule has 0 saturated carbocycles. The van der Waals surface area contributed by atoms with Gasteiger partial charge in [0.15, 0.2) is 0 Å². The van der Waals surface area contributed by atoms with Crippen molar-refractivity contribution < 1.29 is 9.59 Å². The second-order valence-electron chi connectivity index (χ2n) is 4.54. The van der Waals surface area contributed by atoms with Crippen molar-refractivity contribution in [2.45, 2.75) is 13.8 Å². The van der Waals surface area contributed by atoms with Gasteiger partial charge in [-0.05, 0) is 13.8 Å². The van der Waals surface area contributed by atoms with Gasteiger partial charge in [-0.3, -0.25) is 9.59 Å². The molecule has 0 atom stereocenters. The summed E-state index contributed by atoms with van der Waals surface area (Å²) in [6.45, 7) is 4.35. The summed E-state index contributed by atoms with van der Waals surface area (Å²) < 4.78 is 0. The molecule has 2 aromatic rings. The first kappa shape index (κ1) is 15.2. The van der Waals surface area contributed by atoms with Gasteiger partial charge in [0.05, 0.1) is 6.54 Å². The Labute approximate surface area is 127 Å². The first-order valence-corrected chi connectivity index (χ1v) is 7.55. The fraction of sp³-hybridized carbons (Fsp3) is 0.267. The second kappa shape index (κ2) is 6.99. The molecule has 0 aliphatic carbocycles. The molecular formula is C15H17N3O2S. The van der Waals surface area contributed by atoms with Crippen LogP contribution in [0.1, 0.15) is 23.0 Å². The van der Waals surface area contributed by atoms with Crippen molar-refractivity contribution in [1.29, 1.82) is 0 Å². The van der Waals surface area contributed by atoms with Crippen LogP contribution >= 0.6 is 11.3 Å². The first-order chi connectivity index (χ1) is 10.1. The Bertz CT molecular complexity index is 635. The van der Waals surface area contributed by atoms with Crippen LogP contribution in [0.2, 0.25) is 0 Å². The number of benzene rings is 1. The number of rotatable bonds is 5. The summed E-state index contributed by atoms with van der Waals surface area (Å²) in [4.78, 5) is 27.5. The molecule has 2 rings (SSSR count). The third-order valence-corrected chi connectivity index (χ3v) is 3.71. The summed E-state index contributed by atoms with van der Waals surface area (Å²) in [5, 5.41) is 7.65. The number of hydrogen-bond donors (Lipinski definition) is 2. The van der Waals surface area contributed by atoms with Crippen LogP contribution in [-0.2, 0) is 4.79 Å². The highest BCUT2D eigenvalue weighted by Gasteiger charge is 2.12. The van der Waals surface area contributed by atoms with Crippen LogP contribution in [0.5, 0.6) is 0 Å². The smallest absolute Gasteiger partial charge is 0.271 e. The number of nitrogens with one attached hydrogen (secondary N) is 2.